The van der Waals surface area contributed by atoms with Gasteiger partial charge in [0, 0.05) is 12.7 Å². The number of para-hydroxylation sites is 1. The fourth-order valence-corrected chi connectivity index (χ4v) is 5.08. The average molecular weight is 444 g/mol. The van der Waals surface area contributed by atoms with E-state index in [1.54, 1.807) is 41.8 Å². The Morgan fingerprint density at radius 2 is 1.77 bits per heavy atom. The average Bonchev–Trinajstić information content (AvgIpc) is 3.24. The van der Waals surface area contributed by atoms with Crippen molar-refractivity contribution in [2.24, 2.45) is 0 Å². The zero-order chi connectivity index (χ0) is 21.7. The summed E-state index contributed by atoms with van der Waals surface area (Å²) in [5, 5.41) is 7.09. The molecular weight excluding hydrogens is 422 g/mol. The molecule has 2 N–H and O–H groups in total. The van der Waals surface area contributed by atoms with Crippen LogP contribution in [0.15, 0.2) is 70.3 Å². The number of hydrogen-bond acceptors (Lipinski definition) is 5. The summed E-state index contributed by atoms with van der Waals surface area (Å²) in [5.41, 5.74) is 2.22. The molecule has 3 aromatic rings. The van der Waals surface area contributed by atoms with E-state index >= 15 is 0 Å². The van der Waals surface area contributed by atoms with Crippen LogP contribution < -0.4 is 10.6 Å². The summed E-state index contributed by atoms with van der Waals surface area (Å²) in [7, 11) is -2.40. The molecule has 7 nitrogen and oxygen atoms in total. The zero-order valence-corrected chi connectivity index (χ0v) is 18.1. The molecule has 0 aliphatic heterocycles. The van der Waals surface area contributed by atoms with E-state index in [4.69, 9.17) is 0 Å². The van der Waals surface area contributed by atoms with Crippen LogP contribution in [0.3, 0.4) is 0 Å². The molecule has 3 rings (SSSR count). The van der Waals surface area contributed by atoms with Gasteiger partial charge in [-0.1, -0.05) is 30.3 Å². The number of rotatable bonds is 7. The Morgan fingerprint density at radius 3 is 2.47 bits per heavy atom. The third-order valence-corrected chi connectivity index (χ3v) is 7.42. The SMILES string of the molecule is Cc1cccc(NC(=O)c2ccccc2NC(=O)CN(C)S(=O)(=O)c2cccs2)c1. The minimum absolute atomic E-state index is 0.163. The molecule has 0 radical (unpaired) electrons. The van der Waals surface area contributed by atoms with Crippen LogP contribution in [-0.4, -0.2) is 38.1 Å². The lowest BCUT2D eigenvalue weighted by Gasteiger charge is -2.17. The number of anilines is 2. The fourth-order valence-electron chi connectivity index (χ4n) is 2.75. The fraction of sp³-hybridized carbons (Fsp3) is 0.143. The van der Waals surface area contributed by atoms with E-state index in [0.717, 1.165) is 21.2 Å². The van der Waals surface area contributed by atoms with E-state index in [2.05, 4.69) is 10.6 Å². The van der Waals surface area contributed by atoms with Crippen LogP contribution in [0.25, 0.3) is 0 Å². The van der Waals surface area contributed by atoms with Crippen LogP contribution in [0.1, 0.15) is 15.9 Å². The van der Waals surface area contributed by atoms with Crippen molar-refractivity contribution in [3.05, 3.63) is 77.2 Å². The summed E-state index contributed by atoms with van der Waals surface area (Å²) in [6, 6.07) is 17.0. The first-order valence-corrected chi connectivity index (χ1v) is 11.4. The number of carbonyl (C=O) groups excluding carboxylic acids is 2. The number of nitrogens with zero attached hydrogens (tertiary/aromatic N) is 1. The first-order chi connectivity index (χ1) is 14.3. The molecule has 2 aromatic carbocycles. The third kappa shape index (κ3) is 5.12. The topological polar surface area (TPSA) is 95.6 Å². The van der Waals surface area contributed by atoms with Gasteiger partial charge in [-0.25, -0.2) is 8.42 Å². The number of thiophene rings is 1. The number of hydrogen-bond donors (Lipinski definition) is 2. The smallest absolute Gasteiger partial charge is 0.257 e. The minimum Gasteiger partial charge on any atom is -0.324 e. The summed E-state index contributed by atoms with van der Waals surface area (Å²) in [6.45, 7) is 1.54. The summed E-state index contributed by atoms with van der Waals surface area (Å²) < 4.78 is 26.1. The maximum atomic E-state index is 12.7. The second kappa shape index (κ2) is 9.21. The van der Waals surface area contributed by atoms with Gasteiger partial charge in [0.25, 0.3) is 15.9 Å². The highest BCUT2D eigenvalue weighted by atomic mass is 32.2. The molecule has 30 heavy (non-hydrogen) atoms. The Morgan fingerprint density at radius 1 is 1.00 bits per heavy atom. The molecule has 0 unspecified atom stereocenters. The first kappa shape index (κ1) is 21.7. The van der Waals surface area contributed by atoms with Gasteiger partial charge in [0.1, 0.15) is 4.21 Å². The van der Waals surface area contributed by atoms with Crippen LogP contribution in [-0.2, 0) is 14.8 Å². The Kier molecular flexibility index (Phi) is 6.66. The van der Waals surface area contributed by atoms with Crippen molar-refractivity contribution in [1.29, 1.82) is 0 Å². The van der Waals surface area contributed by atoms with Crippen molar-refractivity contribution in [1.82, 2.24) is 4.31 Å². The lowest BCUT2D eigenvalue weighted by Crippen LogP contribution is -2.35. The number of nitrogens with one attached hydrogen (secondary N) is 2. The molecule has 1 aromatic heterocycles. The van der Waals surface area contributed by atoms with E-state index in [9.17, 15) is 18.0 Å². The summed E-state index contributed by atoms with van der Waals surface area (Å²) in [4.78, 5) is 25.2. The lowest BCUT2D eigenvalue weighted by atomic mass is 10.1. The second-order valence-corrected chi connectivity index (χ2v) is 9.83. The standard InChI is InChI=1S/C21H21N3O4S2/c1-15-7-5-8-16(13-15)22-21(26)17-9-3-4-10-18(17)23-19(25)14-24(2)30(27,28)20-11-6-12-29-20/h3-13H,14H2,1-2H3,(H,22,26)(H,23,25). The van der Waals surface area contributed by atoms with E-state index in [1.165, 1.54) is 13.1 Å². The minimum atomic E-state index is -3.74. The highest BCUT2D eigenvalue weighted by Crippen LogP contribution is 2.21. The third-order valence-electron chi connectivity index (χ3n) is 4.25. The lowest BCUT2D eigenvalue weighted by molar-refractivity contribution is -0.116. The molecule has 2 amide bonds. The van der Waals surface area contributed by atoms with Crippen molar-refractivity contribution < 1.29 is 18.0 Å². The van der Waals surface area contributed by atoms with Crippen LogP contribution >= 0.6 is 11.3 Å². The van der Waals surface area contributed by atoms with Crippen molar-refractivity contribution in [2.75, 3.05) is 24.2 Å². The molecule has 156 valence electrons. The van der Waals surface area contributed by atoms with Crippen LogP contribution in [0.4, 0.5) is 11.4 Å². The molecule has 0 aliphatic rings. The van der Waals surface area contributed by atoms with Gasteiger partial charge in [0.15, 0.2) is 0 Å². The number of likely N-dealkylation sites (N-methyl/N-ethyl adjacent to an activating group) is 1. The van der Waals surface area contributed by atoms with Crippen LogP contribution in [0.5, 0.6) is 0 Å². The van der Waals surface area contributed by atoms with Gasteiger partial charge >= 0.3 is 0 Å². The number of aryl methyl sites for hydroxylation is 1. The largest absolute Gasteiger partial charge is 0.324 e. The van der Waals surface area contributed by atoms with Gasteiger partial charge < -0.3 is 10.6 Å². The highest BCUT2D eigenvalue weighted by Gasteiger charge is 2.24. The quantitative estimate of drug-likeness (QED) is 0.584. The Balaban J connectivity index is 1.71. The Bertz CT molecular complexity index is 1160. The number of benzene rings is 2. The monoisotopic (exact) mass is 443 g/mol. The zero-order valence-electron chi connectivity index (χ0n) is 16.5. The molecule has 0 spiro atoms. The molecule has 0 bridgehead atoms. The maximum Gasteiger partial charge on any atom is 0.257 e. The highest BCUT2D eigenvalue weighted by molar-refractivity contribution is 7.91. The molecule has 1 heterocycles. The van der Waals surface area contributed by atoms with Crippen LogP contribution in [0.2, 0.25) is 0 Å². The molecule has 0 fully saturated rings. The Labute approximate surface area is 179 Å². The van der Waals surface area contributed by atoms with E-state index in [0.29, 0.717) is 11.4 Å². The van der Waals surface area contributed by atoms with E-state index < -0.39 is 15.9 Å². The van der Waals surface area contributed by atoms with Gasteiger partial charge in [-0.3, -0.25) is 9.59 Å². The van der Waals surface area contributed by atoms with Crippen molar-refractivity contribution in [3.8, 4) is 0 Å². The summed E-state index contributed by atoms with van der Waals surface area (Å²) in [5.74, 6) is -0.926. The van der Waals surface area contributed by atoms with E-state index in [-0.39, 0.29) is 22.2 Å². The molecule has 9 heteroatoms. The molecular formula is C21H21N3O4S2. The van der Waals surface area contributed by atoms with Crippen LogP contribution in [0, 0.1) is 6.92 Å². The Hall–Kier alpha value is -3.01. The summed E-state index contributed by atoms with van der Waals surface area (Å²) in [6.07, 6.45) is 0. The van der Waals surface area contributed by atoms with Gasteiger partial charge in [-0.05, 0) is 48.2 Å². The maximum absolute atomic E-state index is 12.7. The second-order valence-electron chi connectivity index (χ2n) is 6.61. The first-order valence-electron chi connectivity index (χ1n) is 9.04. The number of carbonyl (C=O) groups is 2. The summed E-state index contributed by atoms with van der Waals surface area (Å²) >= 11 is 1.08. The van der Waals surface area contributed by atoms with Gasteiger partial charge in [-0.15, -0.1) is 11.3 Å². The van der Waals surface area contributed by atoms with Crippen molar-refractivity contribution in [2.45, 2.75) is 11.1 Å². The van der Waals surface area contributed by atoms with Gasteiger partial charge in [-0.2, -0.15) is 4.31 Å². The molecule has 0 saturated heterocycles. The van der Waals surface area contributed by atoms with Crippen molar-refractivity contribution in [3.63, 3.8) is 0 Å². The van der Waals surface area contributed by atoms with Gasteiger partial charge in [0.05, 0.1) is 17.8 Å². The predicted molar refractivity (Wildman–Crippen MR) is 118 cm³/mol. The molecule has 0 saturated carbocycles. The van der Waals surface area contributed by atoms with E-state index in [1.807, 2.05) is 25.1 Å². The normalized spacial score (nSPS) is 11.3. The van der Waals surface area contributed by atoms with Gasteiger partial charge in [0.2, 0.25) is 5.91 Å². The van der Waals surface area contributed by atoms with Crippen molar-refractivity contribution >= 4 is 44.5 Å². The number of amides is 2. The predicted octanol–water partition coefficient (Wildman–Crippen LogP) is 3.57. The number of sulfonamides is 1. The molecule has 0 aliphatic carbocycles. The molecule has 0 atom stereocenters.